The summed E-state index contributed by atoms with van der Waals surface area (Å²) in [6.07, 6.45) is 1.59. The van der Waals surface area contributed by atoms with Crippen LogP contribution >= 0.6 is 11.3 Å². The minimum absolute atomic E-state index is 0.250. The third-order valence-corrected chi connectivity index (χ3v) is 3.73. The van der Waals surface area contributed by atoms with Crippen LogP contribution < -0.4 is 5.32 Å². The molecule has 2 heterocycles. The van der Waals surface area contributed by atoms with Crippen LogP contribution in [-0.2, 0) is 0 Å². The summed E-state index contributed by atoms with van der Waals surface area (Å²) in [6.45, 7) is 10.0. The number of hydrogen-bond acceptors (Lipinski definition) is 4. The van der Waals surface area contributed by atoms with Crippen molar-refractivity contribution in [2.75, 3.05) is 5.32 Å². The molecule has 3 aromatic rings. The van der Waals surface area contributed by atoms with Crippen molar-refractivity contribution < 1.29 is 4.79 Å². The van der Waals surface area contributed by atoms with Gasteiger partial charge in [-0.15, -0.1) is 11.3 Å². The molecular weight excluding hydrogens is 330 g/mol. The second-order valence-corrected chi connectivity index (χ2v) is 5.43. The standard InChI is InChI=1S/C16H13N3OS.2C2H6/c1-11-5-7-12(8-6-11)14-10-21-16(18-14)19-15(20)13-4-2-3-9-17-13;2*1-2/h2-10H,1H3,(H,18,19,20);2*1-2H3. The van der Waals surface area contributed by atoms with Gasteiger partial charge in [-0.3, -0.25) is 15.1 Å². The number of amides is 1. The fraction of sp³-hybridized carbons (Fsp3) is 0.250. The highest BCUT2D eigenvalue weighted by Gasteiger charge is 2.10. The van der Waals surface area contributed by atoms with Gasteiger partial charge in [-0.2, -0.15) is 0 Å². The molecule has 0 saturated heterocycles. The van der Waals surface area contributed by atoms with Crippen LogP contribution in [0.3, 0.4) is 0 Å². The highest BCUT2D eigenvalue weighted by molar-refractivity contribution is 7.14. The summed E-state index contributed by atoms with van der Waals surface area (Å²) in [5.74, 6) is -0.250. The van der Waals surface area contributed by atoms with Gasteiger partial charge in [0.05, 0.1) is 5.69 Å². The average Bonchev–Trinajstić information content (AvgIpc) is 3.15. The number of thiazole rings is 1. The molecule has 2 aromatic heterocycles. The number of nitrogens with one attached hydrogen (secondary N) is 1. The molecule has 0 aliphatic heterocycles. The minimum atomic E-state index is -0.250. The summed E-state index contributed by atoms with van der Waals surface area (Å²) in [6, 6.07) is 13.4. The Labute approximate surface area is 154 Å². The van der Waals surface area contributed by atoms with Crippen LogP contribution in [-0.4, -0.2) is 15.9 Å². The van der Waals surface area contributed by atoms with Crippen molar-refractivity contribution in [2.24, 2.45) is 0 Å². The number of pyridine rings is 1. The Bertz CT molecular complexity index is 752. The number of hydrogen-bond donors (Lipinski definition) is 1. The van der Waals surface area contributed by atoms with E-state index in [1.54, 1.807) is 24.4 Å². The van der Waals surface area contributed by atoms with Gasteiger partial charge in [0.2, 0.25) is 0 Å². The first kappa shape index (κ1) is 20.5. The van der Waals surface area contributed by atoms with E-state index in [0.717, 1.165) is 11.3 Å². The molecule has 0 atom stereocenters. The Balaban J connectivity index is 0.000000730. The van der Waals surface area contributed by atoms with E-state index in [1.165, 1.54) is 16.9 Å². The molecule has 5 heteroatoms. The molecule has 132 valence electrons. The molecule has 0 spiro atoms. The van der Waals surface area contributed by atoms with E-state index in [2.05, 4.69) is 15.3 Å². The van der Waals surface area contributed by atoms with Crippen molar-refractivity contribution in [3.63, 3.8) is 0 Å². The molecule has 1 aromatic carbocycles. The third-order valence-electron chi connectivity index (χ3n) is 2.97. The summed E-state index contributed by atoms with van der Waals surface area (Å²) in [5.41, 5.74) is 3.48. The number of aromatic nitrogens is 2. The molecule has 4 nitrogen and oxygen atoms in total. The molecule has 0 fully saturated rings. The highest BCUT2D eigenvalue weighted by atomic mass is 32.1. The number of carbonyl (C=O) groups is 1. The van der Waals surface area contributed by atoms with Gasteiger partial charge in [0.15, 0.2) is 5.13 Å². The molecule has 25 heavy (non-hydrogen) atoms. The van der Waals surface area contributed by atoms with E-state index in [-0.39, 0.29) is 5.91 Å². The minimum Gasteiger partial charge on any atom is -0.296 e. The fourth-order valence-electron chi connectivity index (χ4n) is 1.85. The van der Waals surface area contributed by atoms with Crippen molar-refractivity contribution in [2.45, 2.75) is 34.6 Å². The Morgan fingerprint density at radius 1 is 1.00 bits per heavy atom. The van der Waals surface area contributed by atoms with Crippen LogP contribution in [0.25, 0.3) is 11.3 Å². The zero-order valence-corrected chi connectivity index (χ0v) is 16.2. The van der Waals surface area contributed by atoms with Crippen LogP contribution in [0, 0.1) is 6.92 Å². The molecular formula is C20H25N3OS. The maximum atomic E-state index is 12.0. The molecule has 0 aliphatic rings. The lowest BCUT2D eigenvalue weighted by Crippen LogP contribution is -2.13. The summed E-state index contributed by atoms with van der Waals surface area (Å²) < 4.78 is 0. The van der Waals surface area contributed by atoms with Crippen LogP contribution in [0.1, 0.15) is 43.7 Å². The predicted molar refractivity (Wildman–Crippen MR) is 107 cm³/mol. The second kappa shape index (κ2) is 11.1. The lowest BCUT2D eigenvalue weighted by atomic mass is 10.1. The van der Waals surface area contributed by atoms with E-state index >= 15 is 0 Å². The van der Waals surface area contributed by atoms with Crippen molar-refractivity contribution in [3.8, 4) is 11.3 Å². The summed E-state index contributed by atoms with van der Waals surface area (Å²) in [5, 5.41) is 5.27. The monoisotopic (exact) mass is 355 g/mol. The first-order valence-corrected chi connectivity index (χ1v) is 9.35. The SMILES string of the molecule is CC.CC.Cc1ccc(-c2csc(NC(=O)c3ccccn3)n2)cc1. The summed E-state index contributed by atoms with van der Waals surface area (Å²) in [7, 11) is 0. The number of rotatable bonds is 3. The normalized spacial score (nSPS) is 9.16. The largest absolute Gasteiger partial charge is 0.296 e. The quantitative estimate of drug-likeness (QED) is 0.644. The van der Waals surface area contributed by atoms with Gasteiger partial charge in [0.1, 0.15) is 5.69 Å². The lowest BCUT2D eigenvalue weighted by molar-refractivity contribution is 0.102. The van der Waals surface area contributed by atoms with Gasteiger partial charge in [0, 0.05) is 17.1 Å². The summed E-state index contributed by atoms with van der Waals surface area (Å²) in [4.78, 5) is 20.4. The second-order valence-electron chi connectivity index (χ2n) is 4.57. The predicted octanol–water partition coefficient (Wildman–Crippen LogP) is 5.82. The molecule has 1 N–H and O–H groups in total. The lowest BCUT2D eigenvalue weighted by Gasteiger charge is -2.00. The van der Waals surface area contributed by atoms with E-state index in [9.17, 15) is 4.79 Å². The van der Waals surface area contributed by atoms with Gasteiger partial charge < -0.3 is 0 Å². The van der Waals surface area contributed by atoms with Crippen LogP contribution in [0.5, 0.6) is 0 Å². The molecule has 0 unspecified atom stereocenters. The number of carbonyl (C=O) groups excluding carboxylic acids is 1. The molecule has 3 rings (SSSR count). The van der Waals surface area contributed by atoms with Crippen molar-refractivity contribution in [1.82, 2.24) is 9.97 Å². The highest BCUT2D eigenvalue weighted by Crippen LogP contribution is 2.25. The number of aryl methyl sites for hydroxylation is 1. The van der Waals surface area contributed by atoms with Crippen molar-refractivity contribution in [3.05, 3.63) is 65.3 Å². The number of anilines is 1. The van der Waals surface area contributed by atoms with Crippen molar-refractivity contribution >= 4 is 22.4 Å². The first-order valence-electron chi connectivity index (χ1n) is 8.47. The maximum absolute atomic E-state index is 12.0. The molecule has 0 aliphatic carbocycles. The number of benzene rings is 1. The van der Waals surface area contributed by atoms with E-state index < -0.39 is 0 Å². The summed E-state index contributed by atoms with van der Waals surface area (Å²) >= 11 is 1.40. The number of nitrogens with zero attached hydrogens (tertiary/aromatic N) is 2. The Morgan fingerprint density at radius 2 is 1.68 bits per heavy atom. The van der Waals surface area contributed by atoms with Gasteiger partial charge in [-0.05, 0) is 19.1 Å². The smallest absolute Gasteiger partial charge is 0.276 e. The van der Waals surface area contributed by atoms with Gasteiger partial charge in [-0.25, -0.2) is 4.98 Å². The zero-order chi connectivity index (χ0) is 18.7. The van der Waals surface area contributed by atoms with Crippen LogP contribution in [0.2, 0.25) is 0 Å². The fourth-order valence-corrected chi connectivity index (χ4v) is 2.56. The van der Waals surface area contributed by atoms with Crippen molar-refractivity contribution in [1.29, 1.82) is 0 Å². The molecule has 0 radical (unpaired) electrons. The zero-order valence-electron chi connectivity index (χ0n) is 15.4. The topological polar surface area (TPSA) is 54.9 Å². The molecule has 0 saturated carbocycles. The van der Waals surface area contributed by atoms with Crippen LogP contribution in [0.15, 0.2) is 54.0 Å². The Kier molecular flexibility index (Phi) is 9.11. The van der Waals surface area contributed by atoms with Gasteiger partial charge >= 0.3 is 0 Å². The Morgan fingerprint density at radius 3 is 2.28 bits per heavy atom. The maximum Gasteiger partial charge on any atom is 0.276 e. The Hall–Kier alpha value is -2.53. The van der Waals surface area contributed by atoms with E-state index in [1.807, 2.05) is 64.3 Å². The molecule has 1 amide bonds. The average molecular weight is 356 g/mol. The van der Waals surface area contributed by atoms with E-state index in [0.29, 0.717) is 10.8 Å². The first-order chi connectivity index (χ1) is 12.2. The molecule has 0 bridgehead atoms. The van der Waals surface area contributed by atoms with E-state index in [4.69, 9.17) is 0 Å². The van der Waals surface area contributed by atoms with Gasteiger partial charge in [-0.1, -0.05) is 63.6 Å². The third kappa shape index (κ3) is 6.12. The van der Waals surface area contributed by atoms with Gasteiger partial charge in [0.25, 0.3) is 5.91 Å². The van der Waals surface area contributed by atoms with Crippen LogP contribution in [0.4, 0.5) is 5.13 Å².